The Morgan fingerprint density at radius 2 is 2.08 bits per heavy atom. The molecule has 2 rings (SSSR count). The Kier molecular flexibility index (Phi) is 1.69. The zero-order valence-corrected chi connectivity index (χ0v) is 6.92. The van der Waals surface area contributed by atoms with Gasteiger partial charge in [-0.1, -0.05) is 4.48 Å². The maximum Gasteiger partial charge on any atom is 0.223 e. The molecule has 68 valence electrons. The standard InChI is InChI=1S/C9H7F2NO/c1-13-7-3-2-6-4-9(10)12(11)8(6)5-7/h2-5H,1H3. The fourth-order valence-electron chi connectivity index (χ4n) is 1.24. The minimum atomic E-state index is -0.900. The molecule has 0 atom stereocenters. The van der Waals surface area contributed by atoms with E-state index in [4.69, 9.17) is 4.74 Å². The SMILES string of the molecule is COc1ccc2cc(F)n(F)c2c1. The molecule has 0 bridgehead atoms. The monoisotopic (exact) mass is 183 g/mol. The van der Waals surface area contributed by atoms with Gasteiger partial charge < -0.3 is 4.74 Å². The molecular formula is C9H7F2NO. The molecule has 0 spiro atoms. The van der Waals surface area contributed by atoms with Gasteiger partial charge in [-0.25, -0.2) is 0 Å². The van der Waals surface area contributed by atoms with E-state index in [0.717, 1.165) is 6.07 Å². The number of ether oxygens (including phenoxy) is 1. The average Bonchev–Trinajstić information content (AvgIpc) is 2.43. The van der Waals surface area contributed by atoms with Crippen LogP contribution < -0.4 is 4.74 Å². The molecular weight excluding hydrogens is 176 g/mol. The van der Waals surface area contributed by atoms with E-state index in [1.807, 2.05) is 0 Å². The van der Waals surface area contributed by atoms with Crippen LogP contribution in [-0.4, -0.2) is 11.9 Å². The van der Waals surface area contributed by atoms with Crippen LogP contribution in [-0.2, 0) is 0 Å². The summed E-state index contributed by atoms with van der Waals surface area (Å²) in [6, 6.07) is 5.84. The van der Waals surface area contributed by atoms with Crippen molar-refractivity contribution < 1.29 is 13.6 Å². The van der Waals surface area contributed by atoms with Crippen LogP contribution in [0.2, 0.25) is 0 Å². The number of fused-ring (bicyclic) bond motifs is 1. The molecule has 0 aliphatic rings. The number of aromatic nitrogens is 1. The second-order valence-electron chi connectivity index (χ2n) is 2.67. The lowest BCUT2D eigenvalue weighted by Crippen LogP contribution is -1.86. The van der Waals surface area contributed by atoms with E-state index in [-0.39, 0.29) is 10.3 Å². The second-order valence-corrected chi connectivity index (χ2v) is 2.67. The minimum Gasteiger partial charge on any atom is -0.497 e. The lowest BCUT2D eigenvalue weighted by molar-refractivity contribution is 0.313. The van der Waals surface area contributed by atoms with Crippen molar-refractivity contribution >= 4 is 10.9 Å². The largest absolute Gasteiger partial charge is 0.497 e. The summed E-state index contributed by atoms with van der Waals surface area (Å²) in [7, 11) is 1.48. The highest BCUT2D eigenvalue weighted by molar-refractivity contribution is 5.81. The third-order valence-corrected chi connectivity index (χ3v) is 1.91. The Balaban J connectivity index is 2.75. The van der Waals surface area contributed by atoms with Crippen LogP contribution in [0.15, 0.2) is 24.3 Å². The highest BCUT2D eigenvalue weighted by Gasteiger charge is 2.08. The number of methoxy groups -OCH3 is 1. The van der Waals surface area contributed by atoms with Crippen LogP contribution in [0.3, 0.4) is 0 Å². The lowest BCUT2D eigenvalue weighted by atomic mass is 10.2. The summed E-state index contributed by atoms with van der Waals surface area (Å²) in [5.41, 5.74) is 0.178. The molecule has 0 saturated carbocycles. The van der Waals surface area contributed by atoms with Crippen molar-refractivity contribution in [2.75, 3.05) is 7.11 Å². The van der Waals surface area contributed by atoms with Gasteiger partial charge in [-0.3, -0.25) is 0 Å². The van der Waals surface area contributed by atoms with Crippen molar-refractivity contribution in [2.24, 2.45) is 0 Å². The van der Waals surface area contributed by atoms with Crippen LogP contribution in [0.5, 0.6) is 5.75 Å². The van der Waals surface area contributed by atoms with Crippen LogP contribution in [0.1, 0.15) is 0 Å². The number of halogens is 2. The molecule has 0 N–H and O–H groups in total. The quantitative estimate of drug-likeness (QED) is 0.662. The number of hydrogen-bond donors (Lipinski definition) is 0. The van der Waals surface area contributed by atoms with Gasteiger partial charge in [0.2, 0.25) is 5.95 Å². The van der Waals surface area contributed by atoms with E-state index in [2.05, 4.69) is 0 Å². The van der Waals surface area contributed by atoms with Crippen molar-refractivity contribution in [3.63, 3.8) is 0 Å². The van der Waals surface area contributed by atoms with Crippen LogP contribution >= 0.6 is 0 Å². The van der Waals surface area contributed by atoms with Gasteiger partial charge in [0.05, 0.1) is 12.6 Å². The molecule has 0 saturated heterocycles. The minimum absolute atomic E-state index is 0.00213. The molecule has 1 aromatic heterocycles. The van der Waals surface area contributed by atoms with Gasteiger partial charge in [0.25, 0.3) is 0 Å². The molecule has 0 unspecified atom stereocenters. The summed E-state index contributed by atoms with van der Waals surface area (Å²) in [6.07, 6.45) is 0. The van der Waals surface area contributed by atoms with Crippen molar-refractivity contribution in [2.45, 2.75) is 0 Å². The maximum absolute atomic E-state index is 13.0. The number of benzene rings is 1. The number of rotatable bonds is 1. The first kappa shape index (κ1) is 8.04. The van der Waals surface area contributed by atoms with E-state index in [1.54, 1.807) is 12.1 Å². The van der Waals surface area contributed by atoms with E-state index >= 15 is 0 Å². The third-order valence-electron chi connectivity index (χ3n) is 1.91. The van der Waals surface area contributed by atoms with Gasteiger partial charge in [0, 0.05) is 17.5 Å². The van der Waals surface area contributed by atoms with Gasteiger partial charge in [-0.05, 0) is 12.1 Å². The third kappa shape index (κ3) is 1.14. The predicted octanol–water partition coefficient (Wildman–Crippen LogP) is 2.52. The molecule has 0 aliphatic carbocycles. The molecule has 1 heterocycles. The van der Waals surface area contributed by atoms with Gasteiger partial charge in [-0.2, -0.15) is 9.18 Å². The van der Waals surface area contributed by atoms with Crippen molar-refractivity contribution in [3.8, 4) is 5.75 Å². The lowest BCUT2D eigenvalue weighted by Gasteiger charge is -1.98. The number of nitrogens with zero attached hydrogens (tertiary/aromatic N) is 1. The van der Waals surface area contributed by atoms with Crippen LogP contribution in [0.25, 0.3) is 10.9 Å². The molecule has 2 nitrogen and oxygen atoms in total. The zero-order valence-electron chi connectivity index (χ0n) is 6.92. The summed E-state index contributed by atoms with van der Waals surface area (Å²) in [5.74, 6) is -0.396. The normalized spacial score (nSPS) is 10.7. The molecule has 4 heteroatoms. The molecule has 0 aliphatic heterocycles. The highest BCUT2D eigenvalue weighted by Crippen LogP contribution is 2.23. The Hall–Kier alpha value is -1.58. The van der Waals surface area contributed by atoms with E-state index < -0.39 is 5.95 Å². The molecule has 1 aromatic carbocycles. The molecule has 2 aromatic rings. The maximum atomic E-state index is 13.0. The zero-order chi connectivity index (χ0) is 9.42. The first-order chi connectivity index (χ1) is 6.22. The van der Waals surface area contributed by atoms with Crippen LogP contribution in [0.4, 0.5) is 8.87 Å². The smallest absolute Gasteiger partial charge is 0.223 e. The van der Waals surface area contributed by atoms with Crippen molar-refractivity contribution in [3.05, 3.63) is 30.2 Å². The summed E-state index contributed by atoms with van der Waals surface area (Å²) >= 11 is 0. The van der Waals surface area contributed by atoms with E-state index in [9.17, 15) is 8.87 Å². The summed E-state index contributed by atoms with van der Waals surface area (Å²) in [6.45, 7) is 0. The van der Waals surface area contributed by atoms with Crippen molar-refractivity contribution in [1.29, 1.82) is 0 Å². The Morgan fingerprint density at radius 3 is 2.77 bits per heavy atom. The molecule has 0 fully saturated rings. The van der Waals surface area contributed by atoms with Crippen molar-refractivity contribution in [1.82, 2.24) is 4.79 Å². The average molecular weight is 183 g/mol. The highest BCUT2D eigenvalue weighted by atomic mass is 19.2. The van der Waals surface area contributed by atoms with Gasteiger partial charge in [0.15, 0.2) is 0 Å². The molecule has 0 amide bonds. The Bertz CT molecular complexity index is 450. The molecule has 0 radical (unpaired) electrons. The topological polar surface area (TPSA) is 14.2 Å². The van der Waals surface area contributed by atoms with E-state index in [0.29, 0.717) is 11.1 Å². The molecule has 13 heavy (non-hydrogen) atoms. The Labute approximate surface area is 73.3 Å². The van der Waals surface area contributed by atoms with E-state index in [1.165, 1.54) is 13.2 Å². The summed E-state index contributed by atoms with van der Waals surface area (Å²) in [4.78, 5) is -0.00213. The summed E-state index contributed by atoms with van der Waals surface area (Å²) < 4.78 is 30.6. The fraction of sp³-hybridized carbons (Fsp3) is 0.111. The predicted molar refractivity (Wildman–Crippen MR) is 45.0 cm³/mol. The number of hydrogen-bond acceptors (Lipinski definition) is 1. The summed E-state index contributed by atoms with van der Waals surface area (Å²) in [5, 5.41) is 0.515. The van der Waals surface area contributed by atoms with Gasteiger partial charge in [-0.15, -0.1) is 0 Å². The van der Waals surface area contributed by atoms with Gasteiger partial charge >= 0.3 is 0 Å². The second kappa shape index (κ2) is 2.73. The first-order valence-corrected chi connectivity index (χ1v) is 3.73. The first-order valence-electron chi connectivity index (χ1n) is 3.73. The fourth-order valence-corrected chi connectivity index (χ4v) is 1.24. The Morgan fingerprint density at radius 1 is 1.31 bits per heavy atom. The van der Waals surface area contributed by atoms with Gasteiger partial charge in [0.1, 0.15) is 5.75 Å². The van der Waals surface area contributed by atoms with Crippen LogP contribution in [0, 0.1) is 5.95 Å².